The lowest BCUT2D eigenvalue weighted by Gasteiger charge is -2.04. The summed E-state index contributed by atoms with van der Waals surface area (Å²) in [6.45, 7) is 0. The van der Waals surface area contributed by atoms with Gasteiger partial charge in [-0.1, -0.05) is 30.3 Å². The second-order valence-electron chi connectivity index (χ2n) is 4.05. The van der Waals surface area contributed by atoms with E-state index in [0.717, 1.165) is 5.75 Å². The molecule has 0 unspecified atom stereocenters. The molecular formula is C14H14N2O2S2. The molecule has 104 valence electrons. The Morgan fingerprint density at radius 3 is 2.65 bits per heavy atom. The fourth-order valence-electron chi connectivity index (χ4n) is 1.60. The van der Waals surface area contributed by atoms with Gasteiger partial charge >= 0.3 is 0 Å². The van der Waals surface area contributed by atoms with Crippen LogP contribution in [0, 0.1) is 0 Å². The van der Waals surface area contributed by atoms with Crippen LogP contribution in [-0.2, 0) is 10.5 Å². The van der Waals surface area contributed by atoms with E-state index in [0.29, 0.717) is 16.3 Å². The Balaban J connectivity index is 1.81. The predicted octanol–water partition coefficient (Wildman–Crippen LogP) is 2.72. The largest absolute Gasteiger partial charge is 0.366 e. The molecule has 0 saturated heterocycles. The lowest BCUT2D eigenvalue weighted by Crippen LogP contribution is -2.17. The van der Waals surface area contributed by atoms with Crippen molar-refractivity contribution in [2.75, 3.05) is 11.1 Å². The van der Waals surface area contributed by atoms with Crippen LogP contribution in [0.15, 0.2) is 41.8 Å². The third-order valence-corrected chi connectivity index (χ3v) is 4.36. The van der Waals surface area contributed by atoms with Crippen LogP contribution >= 0.6 is 23.1 Å². The van der Waals surface area contributed by atoms with Crippen LogP contribution in [0.4, 0.5) is 5.00 Å². The molecule has 2 amide bonds. The summed E-state index contributed by atoms with van der Waals surface area (Å²) >= 11 is 2.82. The Hall–Kier alpha value is -1.79. The molecule has 0 saturated carbocycles. The zero-order valence-electron chi connectivity index (χ0n) is 10.7. The van der Waals surface area contributed by atoms with Gasteiger partial charge in [-0.3, -0.25) is 9.59 Å². The van der Waals surface area contributed by atoms with Crippen LogP contribution in [0.25, 0.3) is 0 Å². The first-order valence-electron chi connectivity index (χ1n) is 5.95. The molecule has 2 rings (SSSR count). The summed E-state index contributed by atoms with van der Waals surface area (Å²) in [5.74, 6) is 0.459. The number of benzene rings is 1. The molecule has 0 aliphatic rings. The molecule has 0 atom stereocenters. The second-order valence-corrected chi connectivity index (χ2v) is 5.96. The molecule has 1 aromatic heterocycles. The van der Waals surface area contributed by atoms with E-state index in [1.54, 1.807) is 11.4 Å². The number of carbonyl (C=O) groups excluding carboxylic acids is 2. The van der Waals surface area contributed by atoms with Crippen molar-refractivity contribution in [3.05, 3.63) is 52.9 Å². The number of nitrogens with one attached hydrogen (secondary N) is 1. The Morgan fingerprint density at radius 2 is 1.95 bits per heavy atom. The maximum atomic E-state index is 11.8. The van der Waals surface area contributed by atoms with Gasteiger partial charge in [-0.15, -0.1) is 23.1 Å². The lowest BCUT2D eigenvalue weighted by molar-refractivity contribution is -0.113. The molecule has 1 heterocycles. The molecule has 0 spiro atoms. The summed E-state index contributed by atoms with van der Waals surface area (Å²) < 4.78 is 0. The van der Waals surface area contributed by atoms with E-state index < -0.39 is 5.91 Å². The number of anilines is 1. The first-order valence-corrected chi connectivity index (χ1v) is 7.99. The fraction of sp³-hybridized carbons (Fsp3) is 0.143. The third kappa shape index (κ3) is 4.11. The highest BCUT2D eigenvalue weighted by Crippen LogP contribution is 2.23. The van der Waals surface area contributed by atoms with E-state index in [2.05, 4.69) is 5.32 Å². The van der Waals surface area contributed by atoms with E-state index in [-0.39, 0.29) is 5.91 Å². The zero-order valence-corrected chi connectivity index (χ0v) is 12.3. The van der Waals surface area contributed by atoms with Crippen LogP contribution < -0.4 is 11.1 Å². The van der Waals surface area contributed by atoms with Gasteiger partial charge in [0.1, 0.15) is 5.00 Å². The monoisotopic (exact) mass is 306 g/mol. The Labute approximate surface area is 125 Å². The third-order valence-electron chi connectivity index (χ3n) is 2.53. The molecule has 0 radical (unpaired) electrons. The zero-order chi connectivity index (χ0) is 14.4. The average Bonchev–Trinajstić information content (AvgIpc) is 2.88. The van der Waals surface area contributed by atoms with E-state index >= 15 is 0 Å². The highest BCUT2D eigenvalue weighted by atomic mass is 32.2. The summed E-state index contributed by atoms with van der Waals surface area (Å²) in [6.07, 6.45) is 0. The highest BCUT2D eigenvalue weighted by Gasteiger charge is 2.12. The van der Waals surface area contributed by atoms with Crippen molar-refractivity contribution in [1.29, 1.82) is 0 Å². The number of carbonyl (C=O) groups is 2. The summed E-state index contributed by atoms with van der Waals surface area (Å²) in [5.41, 5.74) is 6.76. The second kappa shape index (κ2) is 7.12. The van der Waals surface area contributed by atoms with Gasteiger partial charge in [0.15, 0.2) is 0 Å². The molecule has 6 heteroatoms. The normalized spacial score (nSPS) is 10.2. The Bertz CT molecular complexity index is 596. The van der Waals surface area contributed by atoms with Crippen LogP contribution in [0.1, 0.15) is 15.9 Å². The van der Waals surface area contributed by atoms with Crippen molar-refractivity contribution in [3.8, 4) is 0 Å². The molecule has 0 fully saturated rings. The molecule has 2 aromatic rings. The number of amides is 2. The number of thiophene rings is 1. The van der Waals surface area contributed by atoms with Crippen molar-refractivity contribution in [3.63, 3.8) is 0 Å². The van der Waals surface area contributed by atoms with Crippen LogP contribution in [0.3, 0.4) is 0 Å². The van der Waals surface area contributed by atoms with Crippen LogP contribution in [0.5, 0.6) is 0 Å². The molecule has 3 N–H and O–H groups in total. The first kappa shape index (κ1) is 14.6. The lowest BCUT2D eigenvalue weighted by atomic mass is 10.2. The minimum Gasteiger partial charge on any atom is -0.366 e. The summed E-state index contributed by atoms with van der Waals surface area (Å²) in [5, 5.41) is 4.96. The standard InChI is InChI=1S/C14H14N2O2S2/c15-13(18)11-6-7-20-14(11)16-12(17)9-19-8-10-4-2-1-3-5-10/h1-7H,8-9H2,(H2,15,18)(H,16,17). The highest BCUT2D eigenvalue weighted by molar-refractivity contribution is 7.99. The Kier molecular flexibility index (Phi) is 5.20. The van der Waals surface area contributed by atoms with Crippen LogP contribution in [-0.4, -0.2) is 17.6 Å². The van der Waals surface area contributed by atoms with E-state index in [9.17, 15) is 9.59 Å². The number of hydrogen-bond donors (Lipinski definition) is 2. The van der Waals surface area contributed by atoms with Gasteiger partial charge in [0.2, 0.25) is 5.91 Å². The molecule has 0 aliphatic heterocycles. The predicted molar refractivity (Wildman–Crippen MR) is 84.1 cm³/mol. The van der Waals surface area contributed by atoms with Crippen LogP contribution in [0.2, 0.25) is 0 Å². The SMILES string of the molecule is NC(=O)c1ccsc1NC(=O)CSCc1ccccc1. The number of nitrogens with two attached hydrogens (primary N) is 1. The number of hydrogen-bond acceptors (Lipinski definition) is 4. The van der Waals surface area contributed by atoms with Crippen molar-refractivity contribution >= 4 is 39.9 Å². The maximum Gasteiger partial charge on any atom is 0.251 e. The van der Waals surface area contributed by atoms with Gasteiger partial charge in [-0.25, -0.2) is 0 Å². The van der Waals surface area contributed by atoms with Gasteiger partial charge in [0, 0.05) is 5.75 Å². The molecular weight excluding hydrogens is 292 g/mol. The maximum absolute atomic E-state index is 11.8. The molecule has 4 nitrogen and oxygen atoms in total. The summed E-state index contributed by atoms with van der Waals surface area (Å²) in [7, 11) is 0. The minimum atomic E-state index is -0.529. The summed E-state index contributed by atoms with van der Waals surface area (Å²) in [6, 6.07) is 11.6. The quantitative estimate of drug-likeness (QED) is 0.862. The number of thioether (sulfide) groups is 1. The number of primary amides is 1. The van der Waals surface area contributed by atoms with Crippen molar-refractivity contribution in [2.45, 2.75) is 5.75 Å². The fourth-order valence-corrected chi connectivity index (χ4v) is 3.19. The van der Waals surface area contributed by atoms with Gasteiger partial charge in [-0.2, -0.15) is 0 Å². The van der Waals surface area contributed by atoms with E-state index in [1.807, 2.05) is 30.3 Å². The Morgan fingerprint density at radius 1 is 1.20 bits per heavy atom. The first-order chi connectivity index (χ1) is 9.66. The smallest absolute Gasteiger partial charge is 0.251 e. The molecule has 1 aromatic carbocycles. The average molecular weight is 306 g/mol. The molecule has 0 bridgehead atoms. The van der Waals surface area contributed by atoms with Crippen molar-refractivity contribution < 1.29 is 9.59 Å². The van der Waals surface area contributed by atoms with Gasteiger partial charge in [0.25, 0.3) is 5.91 Å². The van der Waals surface area contributed by atoms with E-state index in [4.69, 9.17) is 5.73 Å². The topological polar surface area (TPSA) is 72.2 Å². The van der Waals surface area contributed by atoms with Crippen molar-refractivity contribution in [2.24, 2.45) is 5.73 Å². The van der Waals surface area contributed by atoms with Gasteiger partial charge in [0.05, 0.1) is 11.3 Å². The minimum absolute atomic E-state index is 0.129. The van der Waals surface area contributed by atoms with Gasteiger partial charge in [-0.05, 0) is 17.0 Å². The molecule has 0 aliphatic carbocycles. The van der Waals surface area contributed by atoms with Crippen molar-refractivity contribution in [1.82, 2.24) is 0 Å². The van der Waals surface area contributed by atoms with Gasteiger partial charge < -0.3 is 11.1 Å². The summed E-state index contributed by atoms with van der Waals surface area (Å²) in [4.78, 5) is 22.9. The molecule has 20 heavy (non-hydrogen) atoms. The van der Waals surface area contributed by atoms with E-state index in [1.165, 1.54) is 28.7 Å². The number of rotatable bonds is 6.